The molecule has 1 atom stereocenters. The number of ketones is 1. The molecule has 3 heteroatoms. The van der Waals surface area contributed by atoms with Crippen LogP contribution in [0.1, 0.15) is 25.5 Å². The first-order valence-electron chi connectivity index (χ1n) is 5.39. The predicted molar refractivity (Wildman–Crippen MR) is 67.7 cm³/mol. The zero-order chi connectivity index (χ0) is 12.3. The van der Waals surface area contributed by atoms with Crippen LogP contribution in [0.2, 0.25) is 5.02 Å². The van der Waals surface area contributed by atoms with Crippen LogP contribution in [0, 0.1) is 5.92 Å². The van der Waals surface area contributed by atoms with E-state index < -0.39 is 0 Å². The molecule has 0 aromatic heterocycles. The summed E-state index contributed by atoms with van der Waals surface area (Å²) in [5.74, 6) is 0.260. The summed E-state index contributed by atoms with van der Waals surface area (Å²) in [6, 6.07) is 7.28. The minimum Gasteiger partial charge on any atom is -0.297 e. The maximum absolute atomic E-state index is 12.1. The highest BCUT2D eigenvalue weighted by Gasteiger charge is 2.24. The molecule has 2 nitrogen and oxygen atoms in total. The molecule has 1 unspecified atom stereocenters. The van der Waals surface area contributed by atoms with Crippen molar-refractivity contribution < 1.29 is 4.79 Å². The van der Waals surface area contributed by atoms with Gasteiger partial charge >= 0.3 is 0 Å². The summed E-state index contributed by atoms with van der Waals surface area (Å²) in [6.07, 6.45) is 0. The number of hydrogen-bond acceptors (Lipinski definition) is 2. The molecule has 1 aromatic carbocycles. The van der Waals surface area contributed by atoms with Crippen molar-refractivity contribution in [2.45, 2.75) is 19.9 Å². The second-order valence-electron chi connectivity index (χ2n) is 4.47. The molecule has 0 N–H and O–H groups in total. The molecule has 0 bridgehead atoms. The molecule has 1 aromatic rings. The molecular formula is C13H18ClNO. The van der Waals surface area contributed by atoms with E-state index in [9.17, 15) is 4.79 Å². The molecule has 0 saturated carbocycles. The van der Waals surface area contributed by atoms with Crippen LogP contribution in [-0.4, -0.2) is 24.8 Å². The van der Waals surface area contributed by atoms with E-state index in [-0.39, 0.29) is 17.7 Å². The lowest BCUT2D eigenvalue weighted by molar-refractivity contribution is -0.126. The summed E-state index contributed by atoms with van der Waals surface area (Å²) in [4.78, 5) is 14.0. The first kappa shape index (κ1) is 13.2. The van der Waals surface area contributed by atoms with Gasteiger partial charge in [-0.05, 0) is 31.8 Å². The summed E-state index contributed by atoms with van der Waals surface area (Å²) >= 11 is 5.84. The van der Waals surface area contributed by atoms with Crippen molar-refractivity contribution >= 4 is 17.4 Å². The lowest BCUT2D eigenvalue weighted by Gasteiger charge is -2.25. The minimum atomic E-state index is -0.183. The second-order valence-corrected chi connectivity index (χ2v) is 4.91. The van der Waals surface area contributed by atoms with Crippen LogP contribution in [-0.2, 0) is 4.79 Å². The summed E-state index contributed by atoms with van der Waals surface area (Å²) in [6.45, 7) is 3.85. The standard InChI is InChI=1S/C13H18ClNO/c1-9(2)13(16)12(15(3)4)10-5-7-11(14)8-6-10/h5-9,12H,1-4H3. The Morgan fingerprint density at radius 2 is 1.69 bits per heavy atom. The van der Waals surface area contributed by atoms with Gasteiger partial charge in [0.05, 0.1) is 6.04 Å². The average molecular weight is 240 g/mol. The third kappa shape index (κ3) is 3.06. The number of hydrogen-bond donors (Lipinski definition) is 0. The third-order valence-corrected chi connectivity index (χ3v) is 2.79. The molecule has 88 valence electrons. The van der Waals surface area contributed by atoms with Crippen LogP contribution >= 0.6 is 11.6 Å². The Hall–Kier alpha value is -0.860. The Morgan fingerprint density at radius 3 is 2.06 bits per heavy atom. The Morgan fingerprint density at radius 1 is 1.19 bits per heavy atom. The van der Waals surface area contributed by atoms with Crippen LogP contribution in [0.4, 0.5) is 0 Å². The molecule has 0 saturated heterocycles. The molecule has 0 spiro atoms. The van der Waals surface area contributed by atoms with Gasteiger partial charge < -0.3 is 0 Å². The fraction of sp³-hybridized carbons (Fsp3) is 0.462. The van der Waals surface area contributed by atoms with Gasteiger partial charge in [0.25, 0.3) is 0 Å². The van der Waals surface area contributed by atoms with Gasteiger partial charge in [-0.25, -0.2) is 0 Å². The molecule has 0 radical (unpaired) electrons. The lowest BCUT2D eigenvalue weighted by Crippen LogP contribution is -2.30. The highest BCUT2D eigenvalue weighted by molar-refractivity contribution is 6.30. The van der Waals surface area contributed by atoms with E-state index in [1.807, 2.05) is 57.1 Å². The SMILES string of the molecule is CC(C)C(=O)C(c1ccc(Cl)cc1)N(C)C. The van der Waals surface area contributed by atoms with Gasteiger partial charge in [-0.2, -0.15) is 0 Å². The summed E-state index contributed by atoms with van der Waals surface area (Å²) in [5.41, 5.74) is 0.994. The molecule has 1 rings (SSSR count). The normalized spacial score (nSPS) is 13.2. The number of rotatable bonds is 4. The van der Waals surface area contributed by atoms with Crippen LogP contribution in [0.5, 0.6) is 0 Å². The Bertz CT molecular complexity index is 357. The van der Waals surface area contributed by atoms with Gasteiger partial charge in [0.15, 0.2) is 5.78 Å². The smallest absolute Gasteiger partial charge is 0.156 e. The van der Waals surface area contributed by atoms with Crippen LogP contribution < -0.4 is 0 Å². The topological polar surface area (TPSA) is 20.3 Å². The Labute approximate surface area is 102 Å². The minimum absolute atomic E-state index is 0.0306. The monoisotopic (exact) mass is 239 g/mol. The first-order chi connectivity index (χ1) is 7.43. The molecule has 16 heavy (non-hydrogen) atoms. The Kier molecular flexibility index (Phi) is 4.51. The van der Waals surface area contributed by atoms with Crippen molar-refractivity contribution in [3.63, 3.8) is 0 Å². The Balaban J connectivity index is 3.03. The summed E-state index contributed by atoms with van der Waals surface area (Å²) < 4.78 is 0. The third-order valence-electron chi connectivity index (χ3n) is 2.54. The van der Waals surface area contributed by atoms with Crippen molar-refractivity contribution in [2.75, 3.05) is 14.1 Å². The number of carbonyl (C=O) groups excluding carboxylic acids is 1. The molecule has 0 fully saturated rings. The van der Waals surface area contributed by atoms with Crippen molar-refractivity contribution in [3.05, 3.63) is 34.9 Å². The van der Waals surface area contributed by atoms with Gasteiger partial charge in [0.1, 0.15) is 0 Å². The fourth-order valence-corrected chi connectivity index (χ4v) is 1.80. The largest absolute Gasteiger partial charge is 0.297 e. The zero-order valence-corrected chi connectivity index (χ0v) is 11.0. The van der Waals surface area contributed by atoms with E-state index in [1.54, 1.807) is 0 Å². The first-order valence-corrected chi connectivity index (χ1v) is 5.77. The highest BCUT2D eigenvalue weighted by atomic mass is 35.5. The van der Waals surface area contributed by atoms with Crippen LogP contribution in [0.3, 0.4) is 0 Å². The average Bonchev–Trinajstić information content (AvgIpc) is 2.20. The predicted octanol–water partition coefficient (Wildman–Crippen LogP) is 3.17. The van der Waals surface area contributed by atoms with Crippen molar-refractivity contribution in [1.82, 2.24) is 4.90 Å². The second kappa shape index (κ2) is 5.46. The van der Waals surface area contributed by atoms with E-state index in [0.29, 0.717) is 5.02 Å². The van der Waals surface area contributed by atoms with Crippen molar-refractivity contribution in [1.29, 1.82) is 0 Å². The fourth-order valence-electron chi connectivity index (χ4n) is 1.68. The van der Waals surface area contributed by atoms with E-state index in [0.717, 1.165) is 5.56 Å². The molecule has 0 aliphatic rings. The van der Waals surface area contributed by atoms with E-state index >= 15 is 0 Å². The highest BCUT2D eigenvalue weighted by Crippen LogP contribution is 2.23. The van der Waals surface area contributed by atoms with Crippen molar-refractivity contribution in [3.8, 4) is 0 Å². The quantitative estimate of drug-likeness (QED) is 0.805. The van der Waals surface area contributed by atoms with Gasteiger partial charge in [0.2, 0.25) is 0 Å². The van der Waals surface area contributed by atoms with Gasteiger partial charge in [0, 0.05) is 10.9 Å². The number of nitrogens with zero attached hydrogens (tertiary/aromatic N) is 1. The van der Waals surface area contributed by atoms with E-state index in [1.165, 1.54) is 0 Å². The number of carbonyl (C=O) groups is 1. The maximum Gasteiger partial charge on any atom is 0.156 e. The summed E-state index contributed by atoms with van der Waals surface area (Å²) in [7, 11) is 3.83. The maximum atomic E-state index is 12.1. The van der Waals surface area contributed by atoms with Crippen LogP contribution in [0.25, 0.3) is 0 Å². The van der Waals surface area contributed by atoms with Crippen molar-refractivity contribution in [2.24, 2.45) is 5.92 Å². The van der Waals surface area contributed by atoms with Gasteiger partial charge in [-0.3, -0.25) is 9.69 Å². The number of Topliss-reactive ketones (excluding diaryl/α,β-unsaturated/α-hetero) is 1. The number of likely N-dealkylation sites (N-methyl/N-ethyl adjacent to an activating group) is 1. The van der Waals surface area contributed by atoms with Crippen LogP contribution in [0.15, 0.2) is 24.3 Å². The van der Waals surface area contributed by atoms with Gasteiger partial charge in [-0.15, -0.1) is 0 Å². The molecule has 0 amide bonds. The zero-order valence-electron chi connectivity index (χ0n) is 10.2. The van der Waals surface area contributed by atoms with E-state index in [4.69, 9.17) is 11.6 Å². The molecule has 0 heterocycles. The molecular weight excluding hydrogens is 222 g/mol. The summed E-state index contributed by atoms with van der Waals surface area (Å²) in [5, 5.41) is 0.693. The van der Waals surface area contributed by atoms with Gasteiger partial charge in [-0.1, -0.05) is 37.6 Å². The molecule has 0 aliphatic carbocycles. The molecule has 0 aliphatic heterocycles. The lowest BCUT2D eigenvalue weighted by atomic mass is 9.95. The number of halogens is 1. The van der Waals surface area contributed by atoms with E-state index in [2.05, 4.69) is 0 Å². The number of benzene rings is 1.